The Morgan fingerprint density at radius 2 is 2.13 bits per heavy atom. The number of aliphatic hydroxyl groups is 1. The van der Waals surface area contributed by atoms with Gasteiger partial charge >= 0.3 is 5.97 Å². The molecule has 0 bridgehead atoms. The fourth-order valence-electron chi connectivity index (χ4n) is 3.17. The van der Waals surface area contributed by atoms with Gasteiger partial charge in [-0.3, -0.25) is 9.59 Å². The van der Waals surface area contributed by atoms with Gasteiger partial charge in [0.2, 0.25) is 0 Å². The Morgan fingerprint density at radius 3 is 2.70 bits per heavy atom. The minimum atomic E-state index is -1.36. The SMILES string of the molecule is CCC[C@@]1(C(=O)O)CN(C(=O)c2ccc(C)c(F)c2)CC[C@@H]1O. The Balaban J connectivity index is 2.27. The van der Waals surface area contributed by atoms with Crippen LogP contribution in [0.2, 0.25) is 0 Å². The predicted octanol–water partition coefficient (Wildman–Crippen LogP) is 2.21. The van der Waals surface area contributed by atoms with E-state index >= 15 is 0 Å². The predicted molar refractivity (Wildman–Crippen MR) is 82.6 cm³/mol. The van der Waals surface area contributed by atoms with Gasteiger partial charge in [-0.25, -0.2) is 4.39 Å². The first-order valence-corrected chi connectivity index (χ1v) is 7.78. The summed E-state index contributed by atoms with van der Waals surface area (Å²) in [5, 5.41) is 19.8. The van der Waals surface area contributed by atoms with Crippen molar-refractivity contribution < 1.29 is 24.2 Å². The molecule has 1 heterocycles. The average molecular weight is 323 g/mol. The summed E-state index contributed by atoms with van der Waals surface area (Å²) in [4.78, 5) is 25.7. The van der Waals surface area contributed by atoms with Crippen molar-refractivity contribution in [1.29, 1.82) is 0 Å². The normalized spacial score (nSPS) is 24.5. The second kappa shape index (κ2) is 6.66. The fraction of sp³-hybridized carbons (Fsp3) is 0.529. The maximum atomic E-state index is 13.7. The van der Waals surface area contributed by atoms with E-state index in [9.17, 15) is 24.2 Å². The third-order valence-electron chi connectivity index (χ3n) is 4.61. The van der Waals surface area contributed by atoms with Crippen molar-refractivity contribution >= 4 is 11.9 Å². The van der Waals surface area contributed by atoms with E-state index < -0.39 is 29.2 Å². The van der Waals surface area contributed by atoms with Crippen LogP contribution in [0.5, 0.6) is 0 Å². The molecule has 5 nitrogen and oxygen atoms in total. The van der Waals surface area contributed by atoms with Crippen LogP contribution in [0, 0.1) is 18.2 Å². The van der Waals surface area contributed by atoms with E-state index in [-0.39, 0.29) is 31.5 Å². The third-order valence-corrected chi connectivity index (χ3v) is 4.61. The first-order valence-electron chi connectivity index (χ1n) is 7.78. The summed E-state index contributed by atoms with van der Waals surface area (Å²) in [6.07, 6.45) is 0.0886. The van der Waals surface area contributed by atoms with E-state index in [4.69, 9.17) is 0 Å². The Morgan fingerprint density at radius 1 is 1.43 bits per heavy atom. The molecule has 0 aromatic heterocycles. The summed E-state index contributed by atoms with van der Waals surface area (Å²) in [5.41, 5.74) is -0.715. The highest BCUT2D eigenvalue weighted by Crippen LogP contribution is 2.36. The van der Waals surface area contributed by atoms with Gasteiger partial charge in [0.05, 0.1) is 6.10 Å². The van der Waals surface area contributed by atoms with Crippen LogP contribution in [0.3, 0.4) is 0 Å². The molecule has 1 aromatic carbocycles. The van der Waals surface area contributed by atoms with Crippen molar-refractivity contribution in [3.05, 3.63) is 35.1 Å². The van der Waals surface area contributed by atoms with Crippen LogP contribution in [-0.2, 0) is 4.79 Å². The molecule has 6 heteroatoms. The summed E-state index contributed by atoms with van der Waals surface area (Å²) < 4.78 is 13.7. The molecule has 1 aliphatic rings. The molecule has 2 N–H and O–H groups in total. The van der Waals surface area contributed by atoms with Crippen LogP contribution in [0.1, 0.15) is 42.1 Å². The molecule has 0 radical (unpaired) electrons. The molecule has 0 spiro atoms. The summed E-state index contributed by atoms with van der Waals surface area (Å²) >= 11 is 0. The van der Waals surface area contributed by atoms with Gasteiger partial charge in [-0.2, -0.15) is 0 Å². The monoisotopic (exact) mass is 323 g/mol. The number of likely N-dealkylation sites (tertiary alicyclic amines) is 1. The summed E-state index contributed by atoms with van der Waals surface area (Å²) in [6.45, 7) is 3.64. The molecule has 2 rings (SSSR count). The molecule has 1 aromatic rings. The van der Waals surface area contributed by atoms with Gasteiger partial charge in [0, 0.05) is 18.7 Å². The van der Waals surface area contributed by atoms with Gasteiger partial charge < -0.3 is 15.1 Å². The van der Waals surface area contributed by atoms with Gasteiger partial charge in [-0.15, -0.1) is 0 Å². The van der Waals surface area contributed by atoms with Gasteiger partial charge in [-0.1, -0.05) is 19.4 Å². The quantitative estimate of drug-likeness (QED) is 0.890. The van der Waals surface area contributed by atoms with Crippen LogP contribution in [0.15, 0.2) is 18.2 Å². The third kappa shape index (κ3) is 3.22. The van der Waals surface area contributed by atoms with Gasteiger partial charge in [-0.05, 0) is 37.5 Å². The smallest absolute Gasteiger partial charge is 0.314 e. The topological polar surface area (TPSA) is 77.8 Å². The molecule has 0 saturated carbocycles. The average Bonchev–Trinajstić information content (AvgIpc) is 2.51. The number of halogens is 1. The molecular weight excluding hydrogens is 301 g/mol. The minimum absolute atomic E-state index is 0.0638. The number of piperidine rings is 1. The number of hydrogen-bond acceptors (Lipinski definition) is 3. The lowest BCUT2D eigenvalue weighted by Gasteiger charge is -2.43. The van der Waals surface area contributed by atoms with E-state index in [1.807, 2.05) is 6.92 Å². The van der Waals surface area contributed by atoms with E-state index in [0.29, 0.717) is 12.0 Å². The summed E-state index contributed by atoms with van der Waals surface area (Å²) in [6, 6.07) is 4.23. The Hall–Kier alpha value is -1.95. The number of aryl methyl sites for hydroxylation is 1. The van der Waals surface area contributed by atoms with E-state index in [2.05, 4.69) is 0 Å². The standard InChI is InChI=1S/C17H22FNO4/c1-3-7-17(16(22)23)10-19(8-6-14(17)20)15(21)12-5-4-11(2)13(18)9-12/h4-5,9,14,20H,3,6-8,10H2,1-2H3,(H,22,23)/t14-,17+/m0/s1. The van der Waals surface area contributed by atoms with Crippen LogP contribution < -0.4 is 0 Å². The van der Waals surface area contributed by atoms with Crippen LogP contribution >= 0.6 is 0 Å². The summed E-state index contributed by atoms with van der Waals surface area (Å²) in [7, 11) is 0. The minimum Gasteiger partial charge on any atom is -0.481 e. The molecule has 23 heavy (non-hydrogen) atoms. The van der Waals surface area contributed by atoms with Crippen LogP contribution in [-0.4, -0.2) is 46.2 Å². The lowest BCUT2D eigenvalue weighted by Crippen LogP contribution is -2.57. The highest BCUT2D eigenvalue weighted by molar-refractivity contribution is 5.95. The molecule has 1 saturated heterocycles. The number of carboxylic acid groups (broad SMARTS) is 1. The van der Waals surface area contributed by atoms with Crippen LogP contribution in [0.4, 0.5) is 4.39 Å². The van der Waals surface area contributed by atoms with Crippen molar-refractivity contribution in [2.75, 3.05) is 13.1 Å². The number of carbonyl (C=O) groups excluding carboxylic acids is 1. The zero-order valence-electron chi connectivity index (χ0n) is 13.4. The number of rotatable bonds is 4. The number of aliphatic hydroxyl groups excluding tert-OH is 1. The maximum absolute atomic E-state index is 13.7. The first kappa shape index (κ1) is 17.4. The van der Waals surface area contributed by atoms with Crippen molar-refractivity contribution in [1.82, 2.24) is 4.90 Å². The van der Waals surface area contributed by atoms with Crippen molar-refractivity contribution in [3.63, 3.8) is 0 Å². The molecule has 1 aliphatic heterocycles. The van der Waals surface area contributed by atoms with Crippen molar-refractivity contribution in [3.8, 4) is 0 Å². The second-order valence-electron chi connectivity index (χ2n) is 6.21. The Labute approximate surface area is 134 Å². The largest absolute Gasteiger partial charge is 0.481 e. The molecule has 0 unspecified atom stereocenters. The molecule has 126 valence electrons. The highest BCUT2D eigenvalue weighted by atomic mass is 19.1. The Kier molecular flexibility index (Phi) is 5.04. The number of hydrogen-bond donors (Lipinski definition) is 2. The van der Waals surface area contributed by atoms with E-state index in [0.717, 1.165) is 0 Å². The molecular formula is C17H22FNO4. The lowest BCUT2D eigenvalue weighted by atomic mass is 9.74. The molecule has 1 fully saturated rings. The Bertz CT molecular complexity index is 619. The lowest BCUT2D eigenvalue weighted by molar-refractivity contribution is -0.162. The van der Waals surface area contributed by atoms with E-state index in [1.54, 1.807) is 6.92 Å². The van der Waals surface area contributed by atoms with Crippen molar-refractivity contribution in [2.45, 2.75) is 39.2 Å². The summed E-state index contributed by atoms with van der Waals surface area (Å²) in [5.74, 6) is -1.97. The molecule has 2 atom stereocenters. The number of benzene rings is 1. The molecule has 1 amide bonds. The second-order valence-corrected chi connectivity index (χ2v) is 6.21. The van der Waals surface area contributed by atoms with Gasteiger partial charge in [0.1, 0.15) is 11.2 Å². The van der Waals surface area contributed by atoms with Crippen molar-refractivity contribution in [2.24, 2.45) is 5.41 Å². The highest BCUT2D eigenvalue weighted by Gasteiger charge is 2.49. The maximum Gasteiger partial charge on any atom is 0.314 e. The van der Waals surface area contributed by atoms with Gasteiger partial charge in [0.25, 0.3) is 5.91 Å². The van der Waals surface area contributed by atoms with Crippen LogP contribution in [0.25, 0.3) is 0 Å². The zero-order chi connectivity index (χ0) is 17.2. The number of amides is 1. The number of carboxylic acids is 1. The fourth-order valence-corrected chi connectivity index (χ4v) is 3.17. The zero-order valence-corrected chi connectivity index (χ0v) is 13.4. The number of carbonyl (C=O) groups is 2. The molecule has 0 aliphatic carbocycles. The van der Waals surface area contributed by atoms with Gasteiger partial charge in [0.15, 0.2) is 0 Å². The first-order chi connectivity index (χ1) is 10.8. The van der Waals surface area contributed by atoms with E-state index in [1.165, 1.54) is 23.1 Å². The number of aliphatic carboxylic acids is 1. The number of nitrogens with zero attached hydrogens (tertiary/aromatic N) is 1.